The van der Waals surface area contributed by atoms with Crippen molar-refractivity contribution in [1.29, 1.82) is 0 Å². The Bertz CT molecular complexity index is 186. The molecule has 1 aromatic heterocycles. The van der Waals surface area contributed by atoms with E-state index in [-0.39, 0.29) is 0 Å². The Labute approximate surface area is 55.3 Å². The Kier molecular flexibility index (Phi) is 1.55. The molecule has 1 aromatic rings. The zero-order valence-corrected chi connectivity index (χ0v) is 6.05. The van der Waals surface area contributed by atoms with Crippen LogP contribution in [-0.4, -0.2) is 22.3 Å². The fourth-order valence-corrected chi connectivity index (χ4v) is 0.655. The molecule has 0 amide bonds. The lowest BCUT2D eigenvalue weighted by atomic mass is 10.0. The minimum Gasteiger partial charge on any atom is -0.242 e. The van der Waals surface area contributed by atoms with Crippen molar-refractivity contribution in [1.82, 2.24) is 14.9 Å². The van der Waals surface area contributed by atoms with Crippen molar-refractivity contribution in [3.63, 3.8) is 0 Å². The van der Waals surface area contributed by atoms with Gasteiger partial charge in [-0.1, -0.05) is 6.82 Å². The number of rotatable bonds is 1. The summed E-state index contributed by atoms with van der Waals surface area (Å²) in [4.78, 5) is 0. The predicted octanol–water partition coefficient (Wildman–Crippen LogP) is 0.143. The van der Waals surface area contributed by atoms with E-state index in [2.05, 4.69) is 10.2 Å². The van der Waals surface area contributed by atoms with Gasteiger partial charge in [-0.3, -0.25) is 0 Å². The smallest absolute Gasteiger partial charge is 0.242 e. The normalized spacial score (nSPS) is 9.67. The Morgan fingerprint density at radius 3 is 1.89 bits per heavy atom. The van der Waals surface area contributed by atoms with Crippen molar-refractivity contribution < 1.29 is 0 Å². The Balaban J connectivity index is 2.98. The lowest BCUT2D eigenvalue weighted by Gasteiger charge is -1.85. The monoisotopic (exact) mass is 123 g/mol. The Hall–Kier alpha value is -0.795. The van der Waals surface area contributed by atoms with Gasteiger partial charge in [0.25, 0.3) is 7.41 Å². The van der Waals surface area contributed by atoms with E-state index in [1.54, 1.807) is 4.71 Å². The van der Waals surface area contributed by atoms with E-state index in [4.69, 9.17) is 0 Å². The summed E-state index contributed by atoms with van der Waals surface area (Å²) in [6.45, 7) is 5.96. The zero-order valence-electron chi connectivity index (χ0n) is 6.05. The van der Waals surface area contributed by atoms with Gasteiger partial charge < -0.3 is 0 Å². The molecule has 0 aliphatic heterocycles. The van der Waals surface area contributed by atoms with E-state index in [9.17, 15) is 0 Å². The van der Waals surface area contributed by atoms with Gasteiger partial charge in [0.2, 0.25) is 0 Å². The van der Waals surface area contributed by atoms with Crippen molar-refractivity contribution in [3.8, 4) is 0 Å². The molecule has 0 atom stereocenters. The summed E-state index contributed by atoms with van der Waals surface area (Å²) in [6, 6.07) is 0. The van der Waals surface area contributed by atoms with Crippen LogP contribution >= 0.6 is 0 Å². The Morgan fingerprint density at radius 2 is 1.67 bits per heavy atom. The molecule has 9 heavy (non-hydrogen) atoms. The molecule has 0 aliphatic carbocycles. The predicted molar refractivity (Wildman–Crippen MR) is 37.9 cm³/mol. The van der Waals surface area contributed by atoms with Crippen molar-refractivity contribution in [2.45, 2.75) is 20.7 Å². The summed E-state index contributed by atoms with van der Waals surface area (Å²) in [5, 5.41) is 8.27. The minimum atomic E-state index is 0.856. The maximum Gasteiger partial charge on any atom is 0.290 e. The lowest BCUT2D eigenvalue weighted by Crippen LogP contribution is -2.05. The van der Waals surface area contributed by atoms with E-state index in [1.165, 1.54) is 0 Å². The van der Waals surface area contributed by atoms with E-state index in [0.29, 0.717) is 0 Å². The molecule has 0 N–H and O–H groups in total. The second-order valence-corrected chi connectivity index (χ2v) is 2.06. The molecule has 0 bridgehead atoms. The number of aromatic nitrogens is 3. The van der Waals surface area contributed by atoms with Gasteiger partial charge in [0.1, 0.15) is 0 Å². The summed E-state index contributed by atoms with van der Waals surface area (Å²) in [5.74, 6) is 0. The highest BCUT2D eigenvalue weighted by atomic mass is 15.4. The van der Waals surface area contributed by atoms with E-state index >= 15 is 0 Å². The molecule has 48 valence electrons. The first-order chi connectivity index (χ1) is 4.24. The van der Waals surface area contributed by atoms with Crippen molar-refractivity contribution in [2.24, 2.45) is 0 Å². The molecule has 0 saturated carbocycles. The van der Waals surface area contributed by atoms with Crippen LogP contribution in [0.1, 0.15) is 11.4 Å². The van der Waals surface area contributed by atoms with Crippen molar-refractivity contribution in [2.75, 3.05) is 0 Å². The zero-order chi connectivity index (χ0) is 6.85. The SMILES string of the molecule is CBn1nc(C)c(C)n1. The molecule has 0 saturated heterocycles. The standard InChI is InChI=1S/C5H10BN3/c1-4-5(2)8-9(6-3)7-4/h6H,1-3H3. The molecule has 0 fully saturated rings. The molecule has 0 spiro atoms. The number of nitrogens with zero attached hydrogens (tertiary/aromatic N) is 3. The summed E-state index contributed by atoms with van der Waals surface area (Å²) in [5.41, 5.74) is 2.05. The molecule has 0 aromatic carbocycles. The molecular formula is C5H10BN3. The molecule has 1 heterocycles. The third-order valence-corrected chi connectivity index (χ3v) is 1.34. The minimum absolute atomic E-state index is 0.856. The average molecular weight is 123 g/mol. The van der Waals surface area contributed by atoms with Crippen LogP contribution in [0.15, 0.2) is 0 Å². The van der Waals surface area contributed by atoms with Crippen molar-refractivity contribution in [3.05, 3.63) is 11.4 Å². The van der Waals surface area contributed by atoms with Crippen molar-refractivity contribution >= 4 is 7.41 Å². The van der Waals surface area contributed by atoms with E-state index < -0.39 is 0 Å². The lowest BCUT2D eigenvalue weighted by molar-refractivity contribution is 0.820. The summed E-state index contributed by atoms with van der Waals surface area (Å²) >= 11 is 0. The molecule has 3 nitrogen and oxygen atoms in total. The first kappa shape index (κ1) is 6.33. The Morgan fingerprint density at radius 1 is 1.22 bits per heavy atom. The van der Waals surface area contributed by atoms with Gasteiger partial charge >= 0.3 is 0 Å². The summed E-state index contributed by atoms with van der Waals surface area (Å²) in [7, 11) is 0.856. The largest absolute Gasteiger partial charge is 0.290 e. The first-order valence-corrected chi connectivity index (χ1v) is 3.12. The van der Waals surface area contributed by atoms with Gasteiger partial charge in [0, 0.05) is 0 Å². The van der Waals surface area contributed by atoms with Crippen LogP contribution in [0.3, 0.4) is 0 Å². The van der Waals surface area contributed by atoms with Gasteiger partial charge in [0.15, 0.2) is 0 Å². The fourth-order valence-electron chi connectivity index (χ4n) is 0.655. The first-order valence-electron chi connectivity index (χ1n) is 3.12. The average Bonchev–Trinajstić information content (AvgIpc) is 2.13. The van der Waals surface area contributed by atoms with Gasteiger partial charge in [0.05, 0.1) is 11.4 Å². The van der Waals surface area contributed by atoms with Crippen LogP contribution in [0, 0.1) is 13.8 Å². The van der Waals surface area contributed by atoms with E-state index in [0.717, 1.165) is 18.8 Å². The quantitative estimate of drug-likeness (QED) is 0.497. The second-order valence-electron chi connectivity index (χ2n) is 2.06. The van der Waals surface area contributed by atoms with Crippen LogP contribution in [0.5, 0.6) is 0 Å². The number of hydrogen-bond acceptors (Lipinski definition) is 2. The molecule has 1 rings (SSSR count). The van der Waals surface area contributed by atoms with Crippen LogP contribution in [0.4, 0.5) is 0 Å². The third kappa shape index (κ3) is 1.12. The maximum absolute atomic E-state index is 4.13. The molecule has 0 radical (unpaired) electrons. The van der Waals surface area contributed by atoms with Gasteiger partial charge in [-0.05, 0) is 13.8 Å². The van der Waals surface area contributed by atoms with E-state index in [1.807, 2.05) is 20.7 Å². The highest BCUT2D eigenvalue weighted by Crippen LogP contribution is 1.95. The molecular weight excluding hydrogens is 113 g/mol. The highest BCUT2D eigenvalue weighted by molar-refractivity contribution is 6.30. The fraction of sp³-hybridized carbons (Fsp3) is 0.600. The van der Waals surface area contributed by atoms with Crippen LogP contribution < -0.4 is 0 Å². The summed E-state index contributed by atoms with van der Waals surface area (Å²) < 4.78 is 1.70. The molecule has 0 unspecified atom stereocenters. The summed E-state index contributed by atoms with van der Waals surface area (Å²) in [6.07, 6.45) is 0. The topological polar surface area (TPSA) is 30.7 Å². The number of hydrogen-bond donors (Lipinski definition) is 0. The second kappa shape index (κ2) is 2.21. The highest BCUT2D eigenvalue weighted by Gasteiger charge is 1.98. The maximum atomic E-state index is 4.13. The van der Waals surface area contributed by atoms with Gasteiger partial charge in [-0.25, -0.2) is 4.71 Å². The third-order valence-electron chi connectivity index (χ3n) is 1.34. The van der Waals surface area contributed by atoms with Gasteiger partial charge in [-0.15, -0.1) is 0 Å². The van der Waals surface area contributed by atoms with Crippen LogP contribution in [0.2, 0.25) is 6.82 Å². The van der Waals surface area contributed by atoms with Crippen LogP contribution in [0.25, 0.3) is 0 Å². The number of aryl methyl sites for hydroxylation is 2. The van der Waals surface area contributed by atoms with Crippen LogP contribution in [-0.2, 0) is 0 Å². The molecule has 0 aliphatic rings. The van der Waals surface area contributed by atoms with Gasteiger partial charge in [-0.2, -0.15) is 10.2 Å². The molecule has 4 heteroatoms.